The van der Waals surface area contributed by atoms with Crippen LogP contribution in [0.1, 0.15) is 0 Å². The van der Waals surface area contributed by atoms with Crippen molar-refractivity contribution in [3.05, 3.63) is 38.4 Å². The van der Waals surface area contributed by atoms with Crippen LogP contribution in [0.2, 0.25) is 0 Å². The molecular weight excluding hydrogens is 566 g/mol. The van der Waals surface area contributed by atoms with Gasteiger partial charge in [0.1, 0.15) is 12.3 Å². The Labute approximate surface area is 243 Å². The Bertz CT molecular complexity index is 877. The number of esters is 1. The van der Waals surface area contributed by atoms with E-state index in [2.05, 4.69) is 10.1 Å². The highest BCUT2D eigenvalue weighted by molar-refractivity contribution is 5.70. The lowest BCUT2D eigenvalue weighted by Crippen LogP contribution is -2.16. The molecule has 0 bridgehead atoms. The fourth-order valence-corrected chi connectivity index (χ4v) is 2.95. The molecule has 0 aliphatic heterocycles. The summed E-state index contributed by atoms with van der Waals surface area (Å²) in [5.74, 6) is -0.424. The zero-order valence-corrected chi connectivity index (χ0v) is 23.9. The summed E-state index contributed by atoms with van der Waals surface area (Å²) in [6.45, 7) is 6.14. The van der Waals surface area contributed by atoms with Crippen LogP contribution in [0, 0.1) is 20.2 Å². The Morgan fingerprint density at radius 1 is 0.643 bits per heavy atom. The number of benzene rings is 1. The Kier molecular flexibility index (Phi) is 22.6. The lowest BCUT2D eigenvalue weighted by atomic mass is 10.2. The van der Waals surface area contributed by atoms with Crippen molar-refractivity contribution in [1.82, 2.24) is 0 Å². The first kappa shape index (κ1) is 37.0. The van der Waals surface area contributed by atoms with Crippen LogP contribution in [0.25, 0.3) is 0 Å². The van der Waals surface area contributed by atoms with E-state index in [0.29, 0.717) is 92.5 Å². The lowest BCUT2D eigenvalue weighted by Gasteiger charge is -2.09. The fourth-order valence-electron chi connectivity index (χ4n) is 2.95. The van der Waals surface area contributed by atoms with Gasteiger partial charge in [-0.15, -0.1) is 0 Å². The molecule has 0 heterocycles. The van der Waals surface area contributed by atoms with Crippen LogP contribution in [-0.2, 0) is 47.4 Å². The number of anilines is 1. The molecule has 42 heavy (non-hydrogen) atoms. The standard InChI is InChI=1S/C25H41N3O14/c1-34-25(29)21-42-19-18-41-17-16-40-15-14-39-13-12-38-11-10-37-9-8-36-7-6-35-5-4-26-23-3-2-22(27(30)31)20-24(23)28(32)33/h2-3,20,26H,4-19,21H2,1H3. The first-order chi connectivity index (χ1) is 20.5. The van der Waals surface area contributed by atoms with Crippen LogP contribution in [0.5, 0.6) is 0 Å². The molecule has 1 aromatic carbocycles. The molecule has 0 saturated heterocycles. The van der Waals surface area contributed by atoms with Gasteiger partial charge in [0.2, 0.25) is 0 Å². The molecule has 1 rings (SSSR count). The molecule has 0 fully saturated rings. The number of nitrogens with one attached hydrogen (secondary N) is 1. The highest BCUT2D eigenvalue weighted by Crippen LogP contribution is 2.28. The van der Waals surface area contributed by atoms with Crippen LogP contribution in [0.4, 0.5) is 17.1 Å². The molecule has 1 aromatic rings. The minimum Gasteiger partial charge on any atom is -0.467 e. The zero-order chi connectivity index (χ0) is 30.7. The Balaban J connectivity index is 1.79. The van der Waals surface area contributed by atoms with E-state index in [1.54, 1.807) is 0 Å². The maximum absolute atomic E-state index is 11.1. The molecule has 0 saturated carbocycles. The van der Waals surface area contributed by atoms with Crippen LogP contribution >= 0.6 is 0 Å². The summed E-state index contributed by atoms with van der Waals surface area (Å²) >= 11 is 0. The van der Waals surface area contributed by atoms with Gasteiger partial charge in [0, 0.05) is 12.6 Å². The number of non-ortho nitro benzene ring substituents is 1. The number of carbonyl (C=O) groups is 1. The maximum atomic E-state index is 11.1. The smallest absolute Gasteiger partial charge is 0.331 e. The van der Waals surface area contributed by atoms with E-state index >= 15 is 0 Å². The molecular formula is C25H41N3O14. The van der Waals surface area contributed by atoms with Gasteiger partial charge in [0.15, 0.2) is 0 Å². The highest BCUT2D eigenvalue weighted by Gasteiger charge is 2.19. The highest BCUT2D eigenvalue weighted by atomic mass is 16.6. The molecule has 0 radical (unpaired) electrons. The second-order valence-electron chi connectivity index (χ2n) is 8.06. The third-order valence-corrected chi connectivity index (χ3v) is 5.00. The van der Waals surface area contributed by atoms with Crippen LogP contribution in [0.3, 0.4) is 0 Å². The average Bonchev–Trinajstić information content (AvgIpc) is 2.98. The number of methoxy groups -OCH3 is 1. The van der Waals surface area contributed by atoms with Crippen LogP contribution in [-0.4, -0.2) is 135 Å². The van der Waals surface area contributed by atoms with Crippen molar-refractivity contribution < 1.29 is 57.3 Å². The van der Waals surface area contributed by atoms with Gasteiger partial charge in [-0.1, -0.05) is 0 Å². The molecule has 17 heteroatoms. The van der Waals surface area contributed by atoms with Gasteiger partial charge in [-0.05, 0) is 6.07 Å². The number of rotatable bonds is 29. The number of nitro groups is 2. The molecule has 0 spiro atoms. The first-order valence-corrected chi connectivity index (χ1v) is 13.3. The summed E-state index contributed by atoms with van der Waals surface area (Å²) in [4.78, 5) is 31.4. The van der Waals surface area contributed by atoms with Gasteiger partial charge in [0.05, 0.1) is 122 Å². The minimum absolute atomic E-state index is 0.0879. The van der Waals surface area contributed by atoms with E-state index in [0.717, 1.165) is 6.07 Å². The van der Waals surface area contributed by atoms with E-state index in [1.807, 2.05) is 0 Å². The van der Waals surface area contributed by atoms with Crippen molar-refractivity contribution in [1.29, 1.82) is 0 Å². The summed E-state index contributed by atoms with van der Waals surface area (Å²) in [6, 6.07) is 3.41. The SMILES string of the molecule is COC(=O)COCCOCCOCCOCCOCCOCCOCCOCCNc1ccc([N+](=O)[O-])cc1[N+](=O)[O-]. The van der Waals surface area contributed by atoms with E-state index in [9.17, 15) is 25.0 Å². The van der Waals surface area contributed by atoms with Crippen LogP contribution < -0.4 is 5.32 Å². The van der Waals surface area contributed by atoms with E-state index in [1.165, 1.54) is 19.2 Å². The maximum Gasteiger partial charge on any atom is 0.331 e. The average molecular weight is 608 g/mol. The first-order valence-electron chi connectivity index (χ1n) is 13.3. The molecule has 0 aliphatic rings. The zero-order valence-electron chi connectivity index (χ0n) is 23.9. The quantitative estimate of drug-likeness (QED) is 0.0589. The molecule has 0 aromatic heterocycles. The van der Waals surface area contributed by atoms with Gasteiger partial charge in [-0.3, -0.25) is 20.2 Å². The monoisotopic (exact) mass is 607 g/mol. The summed E-state index contributed by atoms with van der Waals surface area (Å²) < 4.78 is 47.2. The summed E-state index contributed by atoms with van der Waals surface area (Å²) in [7, 11) is 1.30. The molecule has 17 nitrogen and oxygen atoms in total. The van der Waals surface area contributed by atoms with Crippen molar-refractivity contribution in [2.45, 2.75) is 0 Å². The van der Waals surface area contributed by atoms with Gasteiger partial charge >= 0.3 is 5.97 Å². The Morgan fingerprint density at radius 2 is 1.05 bits per heavy atom. The van der Waals surface area contributed by atoms with Gasteiger partial charge < -0.3 is 47.9 Å². The summed E-state index contributed by atoms with van der Waals surface area (Å²) in [5.41, 5.74) is -0.536. The second kappa shape index (κ2) is 25.7. The van der Waals surface area contributed by atoms with E-state index < -0.39 is 15.8 Å². The van der Waals surface area contributed by atoms with Gasteiger partial charge in [-0.2, -0.15) is 0 Å². The molecule has 0 unspecified atom stereocenters. The lowest BCUT2D eigenvalue weighted by molar-refractivity contribution is -0.393. The third-order valence-electron chi connectivity index (χ3n) is 5.00. The number of ether oxygens (including phenoxy) is 9. The normalized spacial score (nSPS) is 11.0. The van der Waals surface area contributed by atoms with Gasteiger partial charge in [0.25, 0.3) is 11.4 Å². The van der Waals surface area contributed by atoms with Crippen molar-refractivity contribution in [3.63, 3.8) is 0 Å². The van der Waals surface area contributed by atoms with E-state index in [4.69, 9.17) is 37.9 Å². The predicted octanol–water partition coefficient (Wildman–Crippen LogP) is 1.22. The second-order valence-corrected chi connectivity index (χ2v) is 8.06. The predicted molar refractivity (Wildman–Crippen MR) is 147 cm³/mol. The summed E-state index contributed by atoms with van der Waals surface area (Å²) in [5, 5.41) is 24.7. The van der Waals surface area contributed by atoms with Crippen LogP contribution in [0.15, 0.2) is 18.2 Å². The molecule has 0 aliphatic carbocycles. The number of hydrogen-bond donors (Lipinski definition) is 1. The number of carbonyl (C=O) groups excluding carboxylic acids is 1. The molecule has 1 N–H and O–H groups in total. The number of nitrogens with zero attached hydrogens (tertiary/aromatic N) is 2. The van der Waals surface area contributed by atoms with Crippen molar-refractivity contribution >= 4 is 23.0 Å². The third kappa shape index (κ3) is 19.9. The molecule has 0 amide bonds. The Hall–Kier alpha value is -3.03. The topological polar surface area (TPSA) is 198 Å². The van der Waals surface area contributed by atoms with Crippen molar-refractivity contribution in [2.24, 2.45) is 0 Å². The largest absolute Gasteiger partial charge is 0.467 e. The van der Waals surface area contributed by atoms with Crippen molar-refractivity contribution in [2.75, 3.05) is 125 Å². The Morgan fingerprint density at radius 3 is 1.43 bits per heavy atom. The van der Waals surface area contributed by atoms with Gasteiger partial charge in [-0.25, -0.2) is 4.79 Å². The van der Waals surface area contributed by atoms with Crippen molar-refractivity contribution in [3.8, 4) is 0 Å². The molecule has 0 atom stereocenters. The molecule has 240 valence electrons. The minimum atomic E-state index is -0.686. The number of hydrogen-bond acceptors (Lipinski definition) is 15. The van der Waals surface area contributed by atoms with E-state index in [-0.39, 0.29) is 36.8 Å². The summed E-state index contributed by atoms with van der Waals surface area (Å²) in [6.07, 6.45) is 0. The number of nitro benzene ring substituents is 2. The fraction of sp³-hybridized carbons (Fsp3) is 0.720.